The molecule has 0 saturated heterocycles. The van der Waals surface area contributed by atoms with Crippen molar-refractivity contribution in [3.8, 4) is 17.0 Å². The predicted octanol–water partition coefficient (Wildman–Crippen LogP) is 6.86. The van der Waals surface area contributed by atoms with Crippen molar-refractivity contribution < 1.29 is 32.5 Å². The molecule has 0 amide bonds. The van der Waals surface area contributed by atoms with Crippen LogP contribution >= 0.6 is 0 Å². The standard InChI is InChI=1S/C29H36F3NO4/c1-18(2)15-28(5,19(3)4)27(35)37-17-21(34)16-36-22-11-12-24(29(30,31)32)23(14-22)26-13-20-9-7-8-10-25(20)33(26)6/h7-14,18-19,21,34H,15-17H2,1-6H3. The van der Waals surface area contributed by atoms with Gasteiger partial charge in [0.15, 0.2) is 0 Å². The zero-order valence-electron chi connectivity index (χ0n) is 22.2. The van der Waals surface area contributed by atoms with Crippen molar-refractivity contribution in [2.45, 2.75) is 53.3 Å². The molecule has 3 rings (SSSR count). The van der Waals surface area contributed by atoms with Gasteiger partial charge in [0, 0.05) is 29.2 Å². The Morgan fingerprint density at radius 3 is 2.30 bits per heavy atom. The average Bonchev–Trinajstić information content (AvgIpc) is 3.16. The minimum Gasteiger partial charge on any atom is -0.491 e. The van der Waals surface area contributed by atoms with Gasteiger partial charge in [-0.1, -0.05) is 45.9 Å². The Labute approximate surface area is 216 Å². The highest BCUT2D eigenvalue weighted by Crippen LogP contribution is 2.40. The molecule has 5 nitrogen and oxygen atoms in total. The van der Waals surface area contributed by atoms with Crippen LogP contribution in [-0.2, 0) is 22.8 Å². The van der Waals surface area contributed by atoms with Crippen molar-refractivity contribution in [1.29, 1.82) is 0 Å². The van der Waals surface area contributed by atoms with E-state index in [4.69, 9.17) is 9.47 Å². The Balaban J connectivity index is 1.75. The summed E-state index contributed by atoms with van der Waals surface area (Å²) < 4.78 is 54.2. The zero-order valence-corrected chi connectivity index (χ0v) is 22.2. The number of hydrogen-bond donors (Lipinski definition) is 1. The van der Waals surface area contributed by atoms with E-state index in [0.29, 0.717) is 18.0 Å². The summed E-state index contributed by atoms with van der Waals surface area (Å²) in [4.78, 5) is 12.8. The number of aliphatic hydroxyl groups excluding tert-OH is 1. The molecule has 0 radical (unpaired) electrons. The van der Waals surface area contributed by atoms with E-state index in [1.54, 1.807) is 17.7 Å². The normalized spacial score (nSPS) is 14.7. The minimum atomic E-state index is -4.56. The Hall–Kier alpha value is -3.00. The maximum Gasteiger partial charge on any atom is 0.417 e. The number of nitrogens with zero attached hydrogens (tertiary/aromatic N) is 1. The Morgan fingerprint density at radius 2 is 1.70 bits per heavy atom. The van der Waals surface area contributed by atoms with Crippen molar-refractivity contribution in [2.75, 3.05) is 13.2 Å². The van der Waals surface area contributed by atoms with Gasteiger partial charge >= 0.3 is 12.1 Å². The van der Waals surface area contributed by atoms with E-state index in [9.17, 15) is 23.1 Å². The van der Waals surface area contributed by atoms with E-state index in [2.05, 4.69) is 0 Å². The molecule has 2 aromatic carbocycles. The summed E-state index contributed by atoms with van der Waals surface area (Å²) in [6.07, 6.45) is -5.04. The van der Waals surface area contributed by atoms with Crippen molar-refractivity contribution in [3.05, 3.63) is 54.1 Å². The molecule has 0 fully saturated rings. The number of esters is 1. The van der Waals surface area contributed by atoms with Gasteiger partial charge in [-0.15, -0.1) is 0 Å². The molecule has 2 unspecified atom stereocenters. The number of carbonyl (C=O) groups is 1. The third-order valence-electron chi connectivity index (χ3n) is 6.95. The fourth-order valence-electron chi connectivity index (χ4n) is 4.60. The molecule has 0 bridgehead atoms. The molecule has 8 heteroatoms. The van der Waals surface area contributed by atoms with E-state index in [0.717, 1.165) is 17.0 Å². The summed E-state index contributed by atoms with van der Waals surface area (Å²) in [5.74, 6) is 0.132. The number of benzene rings is 2. The average molecular weight is 520 g/mol. The number of aromatic nitrogens is 1. The van der Waals surface area contributed by atoms with Crippen LogP contribution in [0.1, 0.15) is 46.6 Å². The monoisotopic (exact) mass is 519 g/mol. The van der Waals surface area contributed by atoms with E-state index >= 15 is 0 Å². The molecular weight excluding hydrogens is 483 g/mol. The second kappa shape index (κ2) is 11.2. The van der Waals surface area contributed by atoms with Crippen molar-refractivity contribution in [1.82, 2.24) is 4.57 Å². The third kappa shape index (κ3) is 6.47. The number of rotatable bonds is 10. The van der Waals surface area contributed by atoms with E-state index in [1.807, 2.05) is 58.9 Å². The van der Waals surface area contributed by atoms with Crippen LogP contribution in [0.4, 0.5) is 13.2 Å². The second-order valence-electron chi connectivity index (χ2n) is 10.6. The second-order valence-corrected chi connectivity index (χ2v) is 10.6. The zero-order chi connectivity index (χ0) is 27.5. The molecule has 1 aromatic heterocycles. The van der Waals surface area contributed by atoms with E-state index in [-0.39, 0.29) is 36.4 Å². The highest BCUT2D eigenvalue weighted by atomic mass is 19.4. The number of fused-ring (bicyclic) bond motifs is 1. The molecule has 37 heavy (non-hydrogen) atoms. The molecular formula is C29H36F3NO4. The lowest BCUT2D eigenvalue weighted by molar-refractivity contribution is -0.162. The van der Waals surface area contributed by atoms with Crippen molar-refractivity contribution in [2.24, 2.45) is 24.3 Å². The van der Waals surface area contributed by atoms with Crippen LogP contribution in [0.5, 0.6) is 5.75 Å². The number of aliphatic hydroxyl groups is 1. The molecule has 0 aliphatic heterocycles. The fourth-order valence-corrected chi connectivity index (χ4v) is 4.60. The third-order valence-corrected chi connectivity index (χ3v) is 6.95. The predicted molar refractivity (Wildman–Crippen MR) is 138 cm³/mol. The van der Waals surface area contributed by atoms with Crippen LogP contribution in [0, 0.1) is 17.3 Å². The van der Waals surface area contributed by atoms with Crippen molar-refractivity contribution >= 4 is 16.9 Å². The first-order valence-electron chi connectivity index (χ1n) is 12.5. The van der Waals surface area contributed by atoms with Gasteiger partial charge in [0.05, 0.1) is 11.0 Å². The molecule has 1 heterocycles. The quantitative estimate of drug-likeness (QED) is 0.298. The van der Waals surface area contributed by atoms with Crippen molar-refractivity contribution in [3.63, 3.8) is 0 Å². The maximum atomic E-state index is 13.8. The van der Waals surface area contributed by atoms with Gasteiger partial charge in [0.1, 0.15) is 25.1 Å². The van der Waals surface area contributed by atoms with E-state index < -0.39 is 23.3 Å². The summed E-state index contributed by atoms with van der Waals surface area (Å²) in [7, 11) is 1.72. The molecule has 2 atom stereocenters. The summed E-state index contributed by atoms with van der Waals surface area (Å²) >= 11 is 0. The summed E-state index contributed by atoms with van der Waals surface area (Å²) in [5.41, 5.74) is -0.286. The summed E-state index contributed by atoms with van der Waals surface area (Å²) in [6, 6.07) is 12.6. The first kappa shape index (κ1) is 28.6. The number of alkyl halides is 3. The number of hydrogen-bond acceptors (Lipinski definition) is 4. The Kier molecular flexibility index (Phi) is 8.63. The lowest BCUT2D eigenvalue weighted by Gasteiger charge is -2.33. The van der Waals surface area contributed by atoms with Gasteiger partial charge in [0.2, 0.25) is 0 Å². The Bertz CT molecular complexity index is 1230. The molecule has 0 spiro atoms. The fraction of sp³-hybridized carbons (Fsp3) is 0.483. The smallest absolute Gasteiger partial charge is 0.417 e. The first-order chi connectivity index (χ1) is 17.2. The largest absolute Gasteiger partial charge is 0.491 e. The van der Waals surface area contributed by atoms with Gasteiger partial charge in [0.25, 0.3) is 0 Å². The Morgan fingerprint density at radius 1 is 1.03 bits per heavy atom. The van der Waals surface area contributed by atoms with Gasteiger partial charge in [-0.2, -0.15) is 13.2 Å². The van der Waals surface area contributed by atoms with Gasteiger partial charge in [-0.05, 0) is 55.5 Å². The highest BCUT2D eigenvalue weighted by molar-refractivity contribution is 5.87. The number of halogens is 3. The van der Waals surface area contributed by atoms with Crippen LogP contribution in [0.2, 0.25) is 0 Å². The number of para-hydroxylation sites is 1. The maximum absolute atomic E-state index is 13.8. The molecule has 1 N–H and O–H groups in total. The lowest BCUT2D eigenvalue weighted by atomic mass is 9.73. The van der Waals surface area contributed by atoms with Crippen LogP contribution in [-0.4, -0.2) is 35.0 Å². The van der Waals surface area contributed by atoms with Gasteiger partial charge in [-0.3, -0.25) is 4.79 Å². The minimum absolute atomic E-state index is 0.0222. The molecule has 0 saturated carbocycles. The van der Waals surface area contributed by atoms with Gasteiger partial charge in [-0.25, -0.2) is 0 Å². The summed E-state index contributed by atoms with van der Waals surface area (Å²) in [5, 5.41) is 11.2. The van der Waals surface area contributed by atoms with Crippen LogP contribution in [0.3, 0.4) is 0 Å². The SMILES string of the molecule is CC(C)CC(C)(C(=O)OCC(O)COc1ccc(C(F)(F)F)c(-c2cc3ccccc3n2C)c1)C(C)C. The molecule has 0 aliphatic rings. The molecule has 3 aromatic rings. The number of carbonyl (C=O) groups excluding carboxylic acids is 1. The number of aryl methyl sites for hydroxylation is 1. The topological polar surface area (TPSA) is 60.7 Å². The molecule has 202 valence electrons. The summed E-state index contributed by atoms with van der Waals surface area (Å²) in [6.45, 7) is 9.34. The van der Waals surface area contributed by atoms with E-state index in [1.165, 1.54) is 12.1 Å². The van der Waals surface area contributed by atoms with Crippen LogP contribution in [0.25, 0.3) is 22.2 Å². The van der Waals surface area contributed by atoms with Crippen LogP contribution < -0.4 is 4.74 Å². The lowest BCUT2D eigenvalue weighted by Crippen LogP contribution is -2.38. The number of ether oxygens (including phenoxy) is 2. The highest BCUT2D eigenvalue weighted by Gasteiger charge is 2.39. The first-order valence-corrected chi connectivity index (χ1v) is 12.5. The van der Waals surface area contributed by atoms with Crippen LogP contribution in [0.15, 0.2) is 48.5 Å². The molecule has 0 aliphatic carbocycles. The van der Waals surface area contributed by atoms with Gasteiger partial charge < -0.3 is 19.1 Å².